The molecule has 1 N–H and O–H groups in total. The second-order valence-corrected chi connectivity index (χ2v) is 5.75. The normalized spacial score (nSPS) is 16.8. The van der Waals surface area contributed by atoms with Crippen LogP contribution >= 0.6 is 23.4 Å². The molecule has 0 saturated carbocycles. The Bertz CT molecular complexity index is 394. The first-order valence-corrected chi connectivity index (χ1v) is 7.26. The van der Waals surface area contributed by atoms with Gasteiger partial charge in [0.1, 0.15) is 0 Å². The van der Waals surface area contributed by atoms with E-state index in [4.69, 9.17) is 11.6 Å². The van der Waals surface area contributed by atoms with Gasteiger partial charge in [-0.15, -0.1) is 0 Å². The molecule has 1 aromatic heterocycles. The molecule has 5 heteroatoms. The highest BCUT2D eigenvalue weighted by molar-refractivity contribution is 7.99. The van der Waals surface area contributed by atoms with Crippen LogP contribution in [0.25, 0.3) is 0 Å². The number of aromatic nitrogens is 1. The van der Waals surface area contributed by atoms with Crippen molar-refractivity contribution in [3.05, 3.63) is 29.0 Å². The van der Waals surface area contributed by atoms with E-state index in [-0.39, 0.29) is 5.91 Å². The SMILES string of the molecule is O=C(NCC1CCSCC1)c1cnccc1Cl. The van der Waals surface area contributed by atoms with Gasteiger partial charge in [-0.2, -0.15) is 11.8 Å². The first-order chi connectivity index (χ1) is 8.27. The van der Waals surface area contributed by atoms with Crippen molar-refractivity contribution in [1.82, 2.24) is 10.3 Å². The summed E-state index contributed by atoms with van der Waals surface area (Å²) < 4.78 is 0. The fraction of sp³-hybridized carbons (Fsp3) is 0.500. The second kappa shape index (κ2) is 6.26. The van der Waals surface area contributed by atoms with Crippen LogP contribution in [0.3, 0.4) is 0 Å². The number of thioether (sulfide) groups is 1. The summed E-state index contributed by atoms with van der Waals surface area (Å²) in [5.74, 6) is 2.89. The minimum absolute atomic E-state index is 0.124. The first-order valence-electron chi connectivity index (χ1n) is 5.73. The Labute approximate surface area is 110 Å². The summed E-state index contributed by atoms with van der Waals surface area (Å²) >= 11 is 7.92. The average Bonchev–Trinajstić information content (AvgIpc) is 2.38. The quantitative estimate of drug-likeness (QED) is 0.918. The topological polar surface area (TPSA) is 42.0 Å². The van der Waals surface area contributed by atoms with Crippen molar-refractivity contribution in [2.24, 2.45) is 5.92 Å². The molecular formula is C12H15ClN2OS. The van der Waals surface area contributed by atoms with Gasteiger partial charge in [-0.1, -0.05) is 11.6 Å². The van der Waals surface area contributed by atoms with E-state index in [1.165, 1.54) is 30.5 Å². The number of amides is 1. The summed E-state index contributed by atoms with van der Waals surface area (Å²) in [5, 5.41) is 3.39. The molecule has 0 unspecified atom stereocenters. The number of nitrogens with one attached hydrogen (secondary N) is 1. The van der Waals surface area contributed by atoms with Crippen molar-refractivity contribution in [3.8, 4) is 0 Å². The molecule has 1 fully saturated rings. The van der Waals surface area contributed by atoms with Crippen molar-refractivity contribution < 1.29 is 4.79 Å². The van der Waals surface area contributed by atoms with Crippen molar-refractivity contribution in [2.75, 3.05) is 18.1 Å². The van der Waals surface area contributed by atoms with Gasteiger partial charge < -0.3 is 5.32 Å². The fourth-order valence-corrected chi connectivity index (χ4v) is 3.22. The van der Waals surface area contributed by atoms with E-state index in [2.05, 4.69) is 10.3 Å². The molecule has 2 rings (SSSR count). The maximum Gasteiger partial charge on any atom is 0.254 e. The van der Waals surface area contributed by atoms with Gasteiger partial charge in [-0.05, 0) is 36.3 Å². The van der Waals surface area contributed by atoms with Crippen LogP contribution < -0.4 is 5.32 Å². The third-order valence-electron chi connectivity index (χ3n) is 2.90. The molecule has 3 nitrogen and oxygen atoms in total. The van der Waals surface area contributed by atoms with E-state index in [0.717, 1.165) is 6.54 Å². The number of rotatable bonds is 3. The maximum atomic E-state index is 11.9. The first kappa shape index (κ1) is 12.7. The van der Waals surface area contributed by atoms with Crippen LogP contribution in [0.15, 0.2) is 18.5 Å². The van der Waals surface area contributed by atoms with Gasteiger partial charge >= 0.3 is 0 Å². The lowest BCUT2D eigenvalue weighted by Crippen LogP contribution is -2.31. The van der Waals surface area contributed by atoms with Crippen molar-refractivity contribution in [3.63, 3.8) is 0 Å². The van der Waals surface area contributed by atoms with E-state index in [9.17, 15) is 4.79 Å². The molecule has 1 aliphatic rings. The van der Waals surface area contributed by atoms with Crippen molar-refractivity contribution >= 4 is 29.3 Å². The number of hydrogen-bond acceptors (Lipinski definition) is 3. The Hall–Kier alpha value is -0.740. The minimum atomic E-state index is -0.124. The summed E-state index contributed by atoms with van der Waals surface area (Å²) in [4.78, 5) is 15.8. The van der Waals surface area contributed by atoms with Crippen LogP contribution in [0.2, 0.25) is 5.02 Å². The standard InChI is InChI=1S/C12H15ClN2OS/c13-11-1-4-14-8-10(11)12(16)15-7-9-2-5-17-6-3-9/h1,4,8-9H,2-3,5-7H2,(H,15,16). The van der Waals surface area contributed by atoms with Crippen LogP contribution in [0.5, 0.6) is 0 Å². The van der Waals surface area contributed by atoms with Crippen LogP contribution in [0, 0.1) is 5.92 Å². The molecular weight excluding hydrogens is 256 g/mol. The molecule has 0 aromatic carbocycles. The van der Waals surface area contributed by atoms with E-state index >= 15 is 0 Å². The summed E-state index contributed by atoms with van der Waals surface area (Å²) in [5.41, 5.74) is 0.458. The highest BCUT2D eigenvalue weighted by atomic mass is 35.5. The van der Waals surface area contributed by atoms with Gasteiger partial charge in [0, 0.05) is 18.9 Å². The van der Waals surface area contributed by atoms with Crippen LogP contribution in [0.1, 0.15) is 23.2 Å². The number of pyridine rings is 1. The zero-order valence-corrected chi connectivity index (χ0v) is 11.1. The smallest absolute Gasteiger partial charge is 0.254 e. The summed E-state index contributed by atoms with van der Waals surface area (Å²) in [6.45, 7) is 0.741. The fourth-order valence-electron chi connectivity index (χ4n) is 1.83. The number of carbonyl (C=O) groups is 1. The van der Waals surface area contributed by atoms with Crippen LogP contribution in [-0.4, -0.2) is 28.9 Å². The molecule has 1 amide bonds. The van der Waals surface area contributed by atoms with Gasteiger partial charge in [-0.25, -0.2) is 0 Å². The van der Waals surface area contributed by atoms with Gasteiger partial charge in [0.15, 0.2) is 0 Å². The predicted molar refractivity (Wildman–Crippen MR) is 71.6 cm³/mol. The second-order valence-electron chi connectivity index (χ2n) is 4.12. The molecule has 0 atom stereocenters. The molecule has 0 spiro atoms. The predicted octanol–water partition coefficient (Wildman–Crippen LogP) is 2.61. The lowest BCUT2D eigenvalue weighted by Gasteiger charge is -2.21. The zero-order chi connectivity index (χ0) is 12.1. The van der Waals surface area contributed by atoms with Crippen LogP contribution in [0.4, 0.5) is 0 Å². The summed E-state index contributed by atoms with van der Waals surface area (Å²) in [7, 11) is 0. The maximum absolute atomic E-state index is 11.9. The molecule has 1 saturated heterocycles. The zero-order valence-electron chi connectivity index (χ0n) is 9.49. The molecule has 0 bridgehead atoms. The molecule has 0 aliphatic carbocycles. The largest absolute Gasteiger partial charge is 0.352 e. The Morgan fingerprint density at radius 3 is 3.00 bits per heavy atom. The molecule has 17 heavy (non-hydrogen) atoms. The lowest BCUT2D eigenvalue weighted by molar-refractivity contribution is 0.0946. The van der Waals surface area contributed by atoms with Gasteiger partial charge in [0.2, 0.25) is 0 Å². The van der Waals surface area contributed by atoms with Gasteiger partial charge in [-0.3, -0.25) is 9.78 Å². The Balaban J connectivity index is 1.87. The monoisotopic (exact) mass is 270 g/mol. The molecule has 2 heterocycles. The Morgan fingerprint density at radius 2 is 2.29 bits per heavy atom. The molecule has 0 radical (unpaired) electrons. The number of carbonyl (C=O) groups excluding carboxylic acids is 1. The number of nitrogens with zero attached hydrogens (tertiary/aromatic N) is 1. The van der Waals surface area contributed by atoms with E-state index < -0.39 is 0 Å². The van der Waals surface area contributed by atoms with Gasteiger partial charge in [0.25, 0.3) is 5.91 Å². The third-order valence-corrected chi connectivity index (χ3v) is 4.28. The van der Waals surface area contributed by atoms with E-state index in [0.29, 0.717) is 16.5 Å². The summed E-state index contributed by atoms with van der Waals surface area (Å²) in [6, 6.07) is 1.63. The number of halogens is 1. The Morgan fingerprint density at radius 1 is 1.53 bits per heavy atom. The highest BCUT2D eigenvalue weighted by Crippen LogP contribution is 2.22. The van der Waals surface area contributed by atoms with Crippen LogP contribution in [-0.2, 0) is 0 Å². The minimum Gasteiger partial charge on any atom is -0.352 e. The van der Waals surface area contributed by atoms with Gasteiger partial charge in [0.05, 0.1) is 10.6 Å². The van der Waals surface area contributed by atoms with Crippen molar-refractivity contribution in [2.45, 2.75) is 12.8 Å². The lowest BCUT2D eigenvalue weighted by atomic mass is 10.0. The molecule has 1 aliphatic heterocycles. The third kappa shape index (κ3) is 3.61. The summed E-state index contributed by atoms with van der Waals surface area (Å²) in [6.07, 6.45) is 5.46. The molecule has 1 aromatic rings. The Kier molecular flexibility index (Phi) is 4.68. The average molecular weight is 271 g/mol. The highest BCUT2D eigenvalue weighted by Gasteiger charge is 2.16. The number of hydrogen-bond donors (Lipinski definition) is 1. The van der Waals surface area contributed by atoms with Crippen molar-refractivity contribution in [1.29, 1.82) is 0 Å². The van der Waals surface area contributed by atoms with E-state index in [1.54, 1.807) is 12.3 Å². The van der Waals surface area contributed by atoms with E-state index in [1.807, 2.05) is 11.8 Å². The molecule has 92 valence electrons.